The van der Waals surface area contributed by atoms with Gasteiger partial charge in [-0.25, -0.2) is 0 Å². The molecule has 1 aromatic carbocycles. The molecule has 0 unspecified atom stereocenters. The minimum atomic E-state index is -0.888. The number of aliphatic carboxylic acids is 1. The lowest BCUT2D eigenvalue weighted by atomic mass is 10.1. The van der Waals surface area contributed by atoms with E-state index in [1.807, 2.05) is 12.1 Å². The molecule has 0 amide bonds. The van der Waals surface area contributed by atoms with Crippen LogP contribution in [0.4, 0.5) is 0 Å². The maximum absolute atomic E-state index is 10.7. The van der Waals surface area contributed by atoms with E-state index in [0.29, 0.717) is 40.5 Å². The average Bonchev–Trinajstić information content (AvgIpc) is 2.96. The minimum absolute atomic E-state index is 0.0182. The van der Waals surface area contributed by atoms with Crippen molar-refractivity contribution in [1.82, 2.24) is 15.4 Å². The average molecular weight is 348 g/mol. The van der Waals surface area contributed by atoms with Crippen LogP contribution in [0.25, 0.3) is 11.0 Å². The third kappa shape index (κ3) is 3.80. The van der Waals surface area contributed by atoms with Gasteiger partial charge in [0.2, 0.25) is 0 Å². The Morgan fingerprint density at radius 2 is 2.21 bits per heavy atom. The molecule has 24 heavy (non-hydrogen) atoms. The fourth-order valence-electron chi connectivity index (χ4n) is 2.24. The Morgan fingerprint density at radius 3 is 2.96 bits per heavy atom. The topological polar surface area (TPSA) is 98.3 Å². The van der Waals surface area contributed by atoms with Gasteiger partial charge < -0.3 is 14.4 Å². The highest BCUT2D eigenvalue weighted by atomic mass is 35.5. The van der Waals surface area contributed by atoms with Gasteiger partial charge in [0, 0.05) is 30.5 Å². The smallest absolute Gasteiger partial charge is 0.303 e. The highest BCUT2D eigenvalue weighted by Gasteiger charge is 2.14. The quantitative estimate of drug-likeness (QED) is 0.701. The monoisotopic (exact) mass is 347 g/mol. The molecule has 2 heterocycles. The van der Waals surface area contributed by atoms with Crippen LogP contribution in [0.3, 0.4) is 0 Å². The number of aromatic nitrogens is 3. The van der Waals surface area contributed by atoms with Crippen molar-refractivity contribution in [1.29, 1.82) is 0 Å². The number of carboxylic acid groups (broad SMARTS) is 1. The van der Waals surface area contributed by atoms with Crippen LogP contribution in [0.2, 0.25) is 5.02 Å². The molecule has 1 N–H and O–H groups in total. The van der Waals surface area contributed by atoms with Gasteiger partial charge in [-0.05, 0) is 18.2 Å². The highest BCUT2D eigenvalue weighted by Crippen LogP contribution is 2.32. The van der Waals surface area contributed by atoms with Crippen molar-refractivity contribution in [3.05, 3.63) is 46.9 Å². The molecule has 0 saturated heterocycles. The number of hydrogen-bond acceptors (Lipinski definition) is 6. The van der Waals surface area contributed by atoms with Crippen LogP contribution in [0.1, 0.15) is 17.8 Å². The van der Waals surface area contributed by atoms with Gasteiger partial charge in [-0.15, -0.1) is 0 Å². The predicted molar refractivity (Wildman–Crippen MR) is 86.2 cm³/mol. The first-order valence-electron chi connectivity index (χ1n) is 7.32. The second-order valence-corrected chi connectivity index (χ2v) is 5.52. The molecule has 0 radical (unpaired) electrons. The number of hydrogen-bond donors (Lipinski definition) is 1. The van der Waals surface area contributed by atoms with Crippen molar-refractivity contribution < 1.29 is 19.2 Å². The predicted octanol–water partition coefficient (Wildman–Crippen LogP) is 2.91. The maximum atomic E-state index is 10.7. The van der Waals surface area contributed by atoms with Gasteiger partial charge >= 0.3 is 5.97 Å². The van der Waals surface area contributed by atoms with Crippen LogP contribution in [-0.4, -0.2) is 33.0 Å². The lowest BCUT2D eigenvalue weighted by Crippen LogP contribution is -2.03. The molecule has 0 aliphatic rings. The van der Waals surface area contributed by atoms with Crippen LogP contribution in [0, 0.1) is 0 Å². The molecular weight excluding hydrogens is 334 g/mol. The second kappa shape index (κ2) is 7.27. The van der Waals surface area contributed by atoms with Gasteiger partial charge in [-0.1, -0.05) is 16.8 Å². The third-order valence-electron chi connectivity index (χ3n) is 3.42. The van der Waals surface area contributed by atoms with E-state index in [-0.39, 0.29) is 12.8 Å². The number of aryl methyl sites for hydroxylation is 1. The zero-order valence-electron chi connectivity index (χ0n) is 12.6. The summed E-state index contributed by atoms with van der Waals surface area (Å²) in [7, 11) is 0. The molecule has 0 fully saturated rings. The molecule has 0 aliphatic carbocycles. The van der Waals surface area contributed by atoms with Crippen molar-refractivity contribution >= 4 is 28.5 Å². The minimum Gasteiger partial charge on any atom is -0.491 e. The molecular formula is C16H14ClN3O4. The SMILES string of the molecule is O=C(O)CCc1noc2cc(OCCc3cccnn3)c(Cl)cc12. The molecule has 0 spiro atoms. The van der Waals surface area contributed by atoms with Crippen molar-refractivity contribution in [3.63, 3.8) is 0 Å². The zero-order valence-corrected chi connectivity index (χ0v) is 13.4. The van der Waals surface area contributed by atoms with Gasteiger partial charge in [-0.2, -0.15) is 10.2 Å². The van der Waals surface area contributed by atoms with Crippen LogP contribution in [0.5, 0.6) is 5.75 Å². The Hall–Kier alpha value is -2.67. The number of nitrogens with zero attached hydrogens (tertiary/aromatic N) is 3. The number of ether oxygens (including phenoxy) is 1. The molecule has 0 bridgehead atoms. The molecule has 124 valence electrons. The number of benzene rings is 1. The third-order valence-corrected chi connectivity index (χ3v) is 3.71. The molecule has 0 saturated carbocycles. The molecule has 8 heteroatoms. The lowest BCUT2D eigenvalue weighted by molar-refractivity contribution is -0.136. The van der Waals surface area contributed by atoms with Crippen LogP contribution < -0.4 is 4.74 Å². The Bertz CT molecular complexity index is 851. The molecule has 2 aromatic heterocycles. The number of rotatable bonds is 7. The number of carbonyl (C=O) groups is 1. The summed E-state index contributed by atoms with van der Waals surface area (Å²) in [4.78, 5) is 10.7. The van der Waals surface area contributed by atoms with Crippen molar-refractivity contribution in [3.8, 4) is 5.75 Å². The van der Waals surface area contributed by atoms with Gasteiger partial charge in [0.05, 0.1) is 29.4 Å². The van der Waals surface area contributed by atoms with E-state index in [9.17, 15) is 4.79 Å². The summed E-state index contributed by atoms with van der Waals surface area (Å²) in [5, 5.41) is 21.6. The Balaban J connectivity index is 1.70. The molecule has 0 atom stereocenters. The van der Waals surface area contributed by atoms with E-state index < -0.39 is 5.97 Å². The van der Waals surface area contributed by atoms with Gasteiger partial charge in [0.1, 0.15) is 5.75 Å². The zero-order chi connectivity index (χ0) is 16.9. The summed E-state index contributed by atoms with van der Waals surface area (Å²) < 4.78 is 10.9. The molecule has 7 nitrogen and oxygen atoms in total. The first kappa shape index (κ1) is 16.2. The first-order valence-corrected chi connectivity index (χ1v) is 7.70. The molecule has 0 aliphatic heterocycles. The van der Waals surface area contributed by atoms with Crippen LogP contribution in [-0.2, 0) is 17.6 Å². The van der Waals surface area contributed by atoms with E-state index >= 15 is 0 Å². The maximum Gasteiger partial charge on any atom is 0.303 e. The number of halogens is 1. The number of carboxylic acids is 1. The molecule has 3 aromatic rings. The summed E-state index contributed by atoms with van der Waals surface area (Å²) in [6.45, 7) is 0.393. The summed E-state index contributed by atoms with van der Waals surface area (Å²) in [6, 6.07) is 7.02. The van der Waals surface area contributed by atoms with Gasteiger partial charge in [-0.3, -0.25) is 4.79 Å². The standard InChI is InChI=1S/C16H14ClN3O4/c17-12-8-11-13(3-4-16(21)22)20-24-14(11)9-15(12)23-7-5-10-2-1-6-18-19-10/h1-2,6,8-9H,3-5,7H2,(H,21,22). The molecule has 3 rings (SSSR count). The van der Waals surface area contributed by atoms with Crippen LogP contribution in [0.15, 0.2) is 35.0 Å². The van der Waals surface area contributed by atoms with Gasteiger partial charge in [0.15, 0.2) is 5.58 Å². The van der Waals surface area contributed by atoms with Crippen LogP contribution >= 0.6 is 11.6 Å². The summed E-state index contributed by atoms with van der Waals surface area (Å²) >= 11 is 6.24. The highest BCUT2D eigenvalue weighted by molar-refractivity contribution is 6.32. The normalized spacial score (nSPS) is 10.9. The van der Waals surface area contributed by atoms with E-state index in [1.54, 1.807) is 18.3 Å². The van der Waals surface area contributed by atoms with Crippen molar-refractivity contribution in [2.75, 3.05) is 6.61 Å². The number of fused-ring (bicyclic) bond motifs is 1. The Labute approximate surface area is 142 Å². The van der Waals surface area contributed by atoms with E-state index in [4.69, 9.17) is 26.0 Å². The van der Waals surface area contributed by atoms with E-state index in [1.165, 1.54) is 0 Å². The first-order chi connectivity index (χ1) is 11.6. The van der Waals surface area contributed by atoms with E-state index in [2.05, 4.69) is 15.4 Å². The summed E-state index contributed by atoms with van der Waals surface area (Å²) in [5.41, 5.74) is 1.90. The van der Waals surface area contributed by atoms with Crippen molar-refractivity contribution in [2.45, 2.75) is 19.3 Å². The Morgan fingerprint density at radius 1 is 1.33 bits per heavy atom. The Kier molecular flexibility index (Phi) is 4.90. The largest absolute Gasteiger partial charge is 0.491 e. The summed E-state index contributed by atoms with van der Waals surface area (Å²) in [5.74, 6) is -0.407. The van der Waals surface area contributed by atoms with Crippen molar-refractivity contribution in [2.24, 2.45) is 0 Å². The lowest BCUT2D eigenvalue weighted by Gasteiger charge is -2.07. The fourth-order valence-corrected chi connectivity index (χ4v) is 2.46. The second-order valence-electron chi connectivity index (χ2n) is 5.12. The fraction of sp³-hybridized carbons (Fsp3) is 0.250. The summed E-state index contributed by atoms with van der Waals surface area (Å²) in [6.07, 6.45) is 2.48. The van der Waals surface area contributed by atoms with Gasteiger partial charge in [0.25, 0.3) is 0 Å². The van der Waals surface area contributed by atoms with E-state index in [0.717, 1.165) is 5.69 Å².